The maximum Gasteiger partial charge on any atom is 0.217 e. The topological polar surface area (TPSA) is 86.2 Å². The number of rotatable bonds is 4. The fourth-order valence-electron chi connectivity index (χ4n) is 0.440. The number of amides is 1. The van der Waals surface area contributed by atoms with Crippen molar-refractivity contribution in [3.8, 4) is 0 Å². The van der Waals surface area contributed by atoms with E-state index in [2.05, 4.69) is 0 Å². The third-order valence-corrected chi connectivity index (χ3v) is 1.07. The minimum absolute atomic E-state index is 0.101. The van der Waals surface area contributed by atoms with Crippen molar-refractivity contribution < 1.29 is 9.59 Å². The molecule has 0 aliphatic carbocycles. The lowest BCUT2D eigenvalue weighted by atomic mass is 9.93. The third kappa shape index (κ3) is 4.08. The Bertz CT molecular complexity index is 149. The SMILES string of the molecule is [B]C(=O)C(N)CCC(N)=O. The molecule has 4 N–H and O–H groups in total. The Balaban J connectivity index is 3.49. The van der Waals surface area contributed by atoms with Gasteiger partial charge in [0.25, 0.3) is 0 Å². The second kappa shape index (κ2) is 4.06. The molecule has 4 nitrogen and oxygen atoms in total. The molecule has 0 heterocycles. The molecular weight excluding hydrogens is 131 g/mol. The monoisotopic (exact) mass is 140 g/mol. The quantitative estimate of drug-likeness (QED) is 0.455. The van der Waals surface area contributed by atoms with E-state index in [1.807, 2.05) is 0 Å². The summed E-state index contributed by atoms with van der Waals surface area (Å²) in [6, 6.07) is -0.757. The summed E-state index contributed by atoms with van der Waals surface area (Å²) >= 11 is 0. The molecule has 0 aliphatic heterocycles. The average molecular weight is 140 g/mol. The van der Waals surface area contributed by atoms with Gasteiger partial charge in [0.1, 0.15) is 0 Å². The van der Waals surface area contributed by atoms with E-state index in [4.69, 9.17) is 19.3 Å². The zero-order valence-electron chi connectivity index (χ0n) is 5.54. The van der Waals surface area contributed by atoms with E-state index >= 15 is 0 Å². The molecule has 1 amide bonds. The van der Waals surface area contributed by atoms with Gasteiger partial charge in [-0.15, -0.1) is 0 Å². The van der Waals surface area contributed by atoms with E-state index in [-0.39, 0.29) is 12.8 Å². The van der Waals surface area contributed by atoms with Gasteiger partial charge in [-0.05, 0) is 6.42 Å². The Hall–Kier alpha value is -0.835. The summed E-state index contributed by atoms with van der Waals surface area (Å²) in [5.41, 5.74) is 9.37. The number of nitrogens with two attached hydrogens (primary N) is 2. The summed E-state index contributed by atoms with van der Waals surface area (Å²) in [5.74, 6) is -0.475. The van der Waals surface area contributed by atoms with Crippen LogP contribution >= 0.6 is 0 Å². The molecule has 2 radical (unpaired) electrons. The van der Waals surface area contributed by atoms with Crippen LogP contribution in [0.25, 0.3) is 0 Å². The van der Waals surface area contributed by atoms with Gasteiger partial charge in [-0.1, -0.05) is 0 Å². The molecule has 0 rings (SSSR count). The van der Waals surface area contributed by atoms with Crippen LogP contribution in [0.3, 0.4) is 0 Å². The largest absolute Gasteiger partial charge is 0.370 e. The highest BCUT2D eigenvalue weighted by Gasteiger charge is 2.07. The van der Waals surface area contributed by atoms with Crippen LogP contribution in [0.2, 0.25) is 0 Å². The molecular formula is C5H9BN2O2. The third-order valence-electron chi connectivity index (χ3n) is 1.07. The molecule has 54 valence electrons. The molecule has 10 heavy (non-hydrogen) atoms. The molecule has 0 spiro atoms. The van der Waals surface area contributed by atoms with Crippen LogP contribution in [0, 0.1) is 0 Å². The van der Waals surface area contributed by atoms with E-state index < -0.39 is 17.6 Å². The average Bonchev–Trinajstić information content (AvgIpc) is 1.82. The molecule has 0 aromatic carbocycles. The summed E-state index contributed by atoms with van der Waals surface area (Å²) in [4.78, 5) is 20.4. The summed E-state index contributed by atoms with van der Waals surface area (Å²) in [7, 11) is 4.81. The zero-order valence-corrected chi connectivity index (χ0v) is 5.54. The van der Waals surface area contributed by atoms with Crippen molar-refractivity contribution in [2.24, 2.45) is 11.5 Å². The first kappa shape index (κ1) is 9.16. The van der Waals surface area contributed by atoms with E-state index in [1.165, 1.54) is 0 Å². The molecule has 0 fully saturated rings. The number of primary amides is 1. The Kier molecular flexibility index (Phi) is 3.72. The van der Waals surface area contributed by atoms with Gasteiger partial charge in [-0.3, -0.25) is 4.79 Å². The molecule has 0 aromatic rings. The van der Waals surface area contributed by atoms with Crippen molar-refractivity contribution in [2.45, 2.75) is 18.9 Å². The number of carbonyl (C=O) groups is 2. The highest BCUT2D eigenvalue weighted by Crippen LogP contribution is 1.92. The zero-order chi connectivity index (χ0) is 8.15. The summed E-state index contributed by atoms with van der Waals surface area (Å²) < 4.78 is 0. The summed E-state index contributed by atoms with van der Waals surface area (Å²) in [6.07, 6.45) is 0.328. The van der Waals surface area contributed by atoms with E-state index in [0.717, 1.165) is 0 Å². The van der Waals surface area contributed by atoms with Gasteiger partial charge in [0.05, 0.1) is 11.7 Å². The van der Waals surface area contributed by atoms with Crippen LogP contribution in [0.5, 0.6) is 0 Å². The molecule has 0 saturated heterocycles. The van der Waals surface area contributed by atoms with Crippen LogP contribution in [-0.4, -0.2) is 25.5 Å². The Morgan fingerprint density at radius 1 is 1.50 bits per heavy atom. The van der Waals surface area contributed by atoms with Crippen LogP contribution < -0.4 is 11.5 Å². The smallest absolute Gasteiger partial charge is 0.217 e. The predicted molar refractivity (Wildman–Crippen MR) is 37.2 cm³/mol. The van der Waals surface area contributed by atoms with E-state index in [9.17, 15) is 9.59 Å². The molecule has 1 unspecified atom stereocenters. The lowest BCUT2D eigenvalue weighted by Gasteiger charge is -2.04. The predicted octanol–water partition coefficient (Wildman–Crippen LogP) is -1.73. The molecule has 0 bridgehead atoms. The second-order valence-electron chi connectivity index (χ2n) is 2.01. The van der Waals surface area contributed by atoms with Gasteiger partial charge in [0, 0.05) is 6.42 Å². The maximum atomic E-state index is 10.3. The minimum atomic E-state index is -0.757. The van der Waals surface area contributed by atoms with E-state index in [0.29, 0.717) is 0 Å². The van der Waals surface area contributed by atoms with Crippen molar-refractivity contribution in [3.05, 3.63) is 0 Å². The minimum Gasteiger partial charge on any atom is -0.370 e. The fraction of sp³-hybridized carbons (Fsp3) is 0.600. The molecule has 5 heteroatoms. The van der Waals surface area contributed by atoms with Gasteiger partial charge in [0.15, 0.2) is 7.85 Å². The van der Waals surface area contributed by atoms with Crippen molar-refractivity contribution in [2.75, 3.05) is 0 Å². The molecule has 0 aromatic heterocycles. The molecule has 0 saturated carbocycles. The van der Waals surface area contributed by atoms with Crippen LogP contribution in [-0.2, 0) is 9.59 Å². The summed E-state index contributed by atoms with van der Waals surface area (Å²) in [6.45, 7) is 0. The number of hydrogen-bond donors (Lipinski definition) is 2. The Labute approximate surface area is 60.4 Å². The first-order valence-electron chi connectivity index (χ1n) is 2.87. The first-order valence-corrected chi connectivity index (χ1v) is 2.87. The van der Waals surface area contributed by atoms with E-state index in [1.54, 1.807) is 0 Å². The first-order chi connectivity index (χ1) is 4.54. The van der Waals surface area contributed by atoms with Gasteiger partial charge in [-0.2, -0.15) is 0 Å². The van der Waals surface area contributed by atoms with Crippen molar-refractivity contribution in [1.82, 2.24) is 0 Å². The molecule has 1 atom stereocenters. The van der Waals surface area contributed by atoms with Crippen molar-refractivity contribution in [1.29, 1.82) is 0 Å². The Morgan fingerprint density at radius 2 is 2.00 bits per heavy atom. The normalized spacial score (nSPS) is 12.5. The highest BCUT2D eigenvalue weighted by atomic mass is 16.1. The van der Waals surface area contributed by atoms with Crippen LogP contribution in [0.4, 0.5) is 0 Å². The standard InChI is InChI=1S/C5H9BN2O2/c6-5(10)3(7)1-2-4(8)9/h3H,1-2,7H2,(H2,8,9). The van der Waals surface area contributed by atoms with Gasteiger partial charge in [0.2, 0.25) is 5.91 Å². The lowest BCUT2D eigenvalue weighted by Crippen LogP contribution is -2.31. The maximum absolute atomic E-state index is 10.3. The Morgan fingerprint density at radius 3 is 2.30 bits per heavy atom. The number of hydrogen-bond acceptors (Lipinski definition) is 3. The fourth-order valence-corrected chi connectivity index (χ4v) is 0.440. The van der Waals surface area contributed by atoms with Gasteiger partial charge >= 0.3 is 0 Å². The van der Waals surface area contributed by atoms with Crippen LogP contribution in [0.15, 0.2) is 0 Å². The highest BCUT2D eigenvalue weighted by molar-refractivity contribution is 6.59. The van der Waals surface area contributed by atoms with Crippen molar-refractivity contribution in [3.63, 3.8) is 0 Å². The number of carbonyl (C=O) groups excluding carboxylic acids is 2. The summed E-state index contributed by atoms with van der Waals surface area (Å²) in [5, 5.41) is 0. The van der Waals surface area contributed by atoms with Crippen molar-refractivity contribution >= 4 is 19.4 Å². The second-order valence-corrected chi connectivity index (χ2v) is 2.01. The van der Waals surface area contributed by atoms with Gasteiger partial charge in [-0.25, -0.2) is 0 Å². The molecule has 0 aliphatic rings. The lowest BCUT2D eigenvalue weighted by molar-refractivity contribution is -0.118. The van der Waals surface area contributed by atoms with Crippen LogP contribution in [0.1, 0.15) is 12.8 Å². The van der Waals surface area contributed by atoms with Gasteiger partial charge < -0.3 is 16.3 Å².